The molecule has 0 aliphatic heterocycles. The number of hydrogen-bond acceptors (Lipinski definition) is 3. The van der Waals surface area contributed by atoms with Crippen LogP contribution in [0.3, 0.4) is 0 Å². The Bertz CT molecular complexity index is 604. The number of rotatable bonds is 4. The third kappa shape index (κ3) is 4.21. The summed E-state index contributed by atoms with van der Waals surface area (Å²) in [5, 5.41) is 0. The third-order valence-electron chi connectivity index (χ3n) is 1.69. The Hall–Kier alpha value is -1.83. The van der Waals surface area contributed by atoms with Crippen molar-refractivity contribution in [2.75, 3.05) is 0 Å². The largest absolute Gasteiger partial charge is 0.432 e. The van der Waals surface area contributed by atoms with E-state index in [2.05, 4.69) is 11.3 Å². The number of hydrogen-bond donors (Lipinski definition) is 0. The predicted octanol–water partition coefficient (Wildman–Crippen LogP) is 3.40. The van der Waals surface area contributed by atoms with Crippen LogP contribution in [-0.4, -0.2) is 8.42 Å². The fraction of sp³-hybridized carbons (Fsp3) is 0. The minimum absolute atomic E-state index is 0.280. The van der Waals surface area contributed by atoms with Crippen LogP contribution in [0.15, 0.2) is 41.8 Å². The molecule has 0 aliphatic rings. The van der Waals surface area contributed by atoms with Gasteiger partial charge in [-0.1, -0.05) is 0 Å². The van der Waals surface area contributed by atoms with Crippen LogP contribution in [0.25, 0.3) is 6.08 Å². The molecule has 0 saturated carbocycles. The lowest BCUT2D eigenvalue weighted by Gasteiger charge is -2.05. The van der Waals surface area contributed by atoms with Gasteiger partial charge in [0.15, 0.2) is 0 Å². The van der Waals surface area contributed by atoms with Gasteiger partial charge in [-0.3, -0.25) is 0 Å². The second-order valence-electron chi connectivity index (χ2n) is 3.07. The highest BCUT2D eigenvalue weighted by Crippen LogP contribution is 2.25. The normalized spacial score (nSPS) is 10.9. The molecule has 1 rings (SSSR count). The Morgan fingerprint density at radius 1 is 1.22 bits per heavy atom. The summed E-state index contributed by atoms with van der Waals surface area (Å²) in [7, 11) is -5.13. The molecule has 0 saturated heterocycles. The topological polar surface area (TPSA) is 43.4 Å². The van der Waals surface area contributed by atoms with Crippen molar-refractivity contribution in [2.45, 2.75) is 4.90 Å². The summed E-state index contributed by atoms with van der Waals surface area (Å²) < 4.78 is 74.8. The summed E-state index contributed by atoms with van der Waals surface area (Å²) in [5.74, 6) is -0.464. The van der Waals surface area contributed by atoms with Crippen molar-refractivity contribution >= 4 is 16.3 Å². The van der Waals surface area contributed by atoms with Crippen LogP contribution in [0.4, 0.5) is 17.1 Å². The Morgan fingerprint density at radius 2 is 1.83 bits per heavy atom. The van der Waals surface area contributed by atoms with Crippen LogP contribution in [0.5, 0.6) is 5.75 Å². The van der Waals surface area contributed by atoms with E-state index in [1.807, 2.05) is 0 Å². The maximum Gasteiger partial charge on any atom is 0.332 e. The second kappa shape index (κ2) is 5.21. The zero-order chi connectivity index (χ0) is 13.9. The lowest BCUT2D eigenvalue weighted by atomic mass is 10.2. The highest BCUT2D eigenvalue weighted by Gasteiger charge is 2.15. The van der Waals surface area contributed by atoms with Gasteiger partial charge >= 0.3 is 10.2 Å². The molecular formula is C10H6F4O3S. The van der Waals surface area contributed by atoms with Gasteiger partial charge in [-0.15, -0.1) is 3.89 Å². The van der Waals surface area contributed by atoms with Gasteiger partial charge in [0.05, 0.1) is 0 Å². The first-order valence-corrected chi connectivity index (χ1v) is 5.71. The molecule has 0 aliphatic carbocycles. The molecule has 0 bridgehead atoms. The summed E-state index contributed by atoms with van der Waals surface area (Å²) in [6.45, 7) is 2.74. The Balaban J connectivity index is 3.38. The number of halogens is 4. The SMILES string of the molecule is C=C(F)Oc1cc(C=C(F)F)cc(S(=O)(=O)F)c1. The Kier molecular flexibility index (Phi) is 4.12. The lowest BCUT2D eigenvalue weighted by Crippen LogP contribution is -1.95. The minimum Gasteiger partial charge on any atom is -0.432 e. The molecule has 0 aromatic heterocycles. The average molecular weight is 282 g/mol. The molecule has 3 nitrogen and oxygen atoms in total. The molecule has 98 valence electrons. The van der Waals surface area contributed by atoms with E-state index >= 15 is 0 Å². The van der Waals surface area contributed by atoms with E-state index in [-0.39, 0.29) is 11.6 Å². The number of ether oxygens (including phenoxy) is 1. The highest BCUT2D eigenvalue weighted by molar-refractivity contribution is 7.86. The van der Waals surface area contributed by atoms with Crippen molar-refractivity contribution < 1.29 is 30.2 Å². The quantitative estimate of drug-likeness (QED) is 0.483. The first kappa shape index (κ1) is 14.2. The standard InChI is InChI=1S/C10H6F4O3S/c1-6(11)17-8-2-7(4-10(12)13)3-9(5-8)18(14,15)16/h2-5H,1H2. The molecule has 0 fully saturated rings. The minimum atomic E-state index is -5.13. The lowest BCUT2D eigenvalue weighted by molar-refractivity contribution is 0.304. The van der Waals surface area contributed by atoms with Crippen LogP contribution < -0.4 is 4.74 Å². The molecule has 0 heterocycles. The van der Waals surface area contributed by atoms with E-state index in [4.69, 9.17) is 0 Å². The van der Waals surface area contributed by atoms with E-state index in [1.54, 1.807) is 0 Å². The molecule has 0 spiro atoms. The van der Waals surface area contributed by atoms with E-state index in [0.29, 0.717) is 12.1 Å². The third-order valence-corrected chi connectivity index (χ3v) is 2.49. The summed E-state index contributed by atoms with van der Waals surface area (Å²) in [5.41, 5.74) is -0.357. The van der Waals surface area contributed by atoms with Gasteiger partial charge in [-0.2, -0.15) is 21.6 Å². The summed E-state index contributed by atoms with van der Waals surface area (Å²) in [4.78, 5) is -0.922. The summed E-state index contributed by atoms with van der Waals surface area (Å²) in [6.07, 6.45) is -1.85. The maximum atomic E-state index is 12.7. The average Bonchev–Trinajstić information content (AvgIpc) is 2.13. The van der Waals surface area contributed by atoms with Gasteiger partial charge in [0.1, 0.15) is 10.6 Å². The zero-order valence-corrected chi connectivity index (χ0v) is 9.48. The molecule has 0 unspecified atom stereocenters. The van der Waals surface area contributed by atoms with Gasteiger partial charge in [-0.25, -0.2) is 0 Å². The van der Waals surface area contributed by atoms with E-state index in [9.17, 15) is 25.5 Å². The zero-order valence-electron chi connectivity index (χ0n) is 8.66. The monoisotopic (exact) mass is 282 g/mol. The number of benzene rings is 1. The molecule has 0 atom stereocenters. The van der Waals surface area contributed by atoms with Crippen LogP contribution in [0.2, 0.25) is 0 Å². The van der Waals surface area contributed by atoms with Gasteiger partial charge < -0.3 is 4.74 Å². The van der Waals surface area contributed by atoms with Gasteiger partial charge in [-0.05, 0) is 24.3 Å². The fourth-order valence-electron chi connectivity index (χ4n) is 1.13. The smallest absolute Gasteiger partial charge is 0.332 e. The van der Waals surface area contributed by atoms with Crippen molar-refractivity contribution in [1.82, 2.24) is 0 Å². The Morgan fingerprint density at radius 3 is 2.28 bits per heavy atom. The van der Waals surface area contributed by atoms with Crippen LogP contribution in [0, 0.1) is 0 Å². The van der Waals surface area contributed by atoms with E-state index < -0.39 is 33.0 Å². The molecule has 0 amide bonds. The van der Waals surface area contributed by atoms with Crippen LogP contribution in [-0.2, 0) is 10.2 Å². The molecule has 18 heavy (non-hydrogen) atoms. The predicted molar refractivity (Wildman–Crippen MR) is 55.8 cm³/mol. The van der Waals surface area contributed by atoms with Gasteiger partial charge in [0.2, 0.25) is 0 Å². The van der Waals surface area contributed by atoms with Gasteiger partial charge in [0.25, 0.3) is 12.1 Å². The maximum absolute atomic E-state index is 12.7. The van der Waals surface area contributed by atoms with Crippen LogP contribution >= 0.6 is 0 Å². The van der Waals surface area contributed by atoms with Crippen molar-refractivity contribution in [3.8, 4) is 5.75 Å². The molecule has 0 N–H and O–H groups in total. The Labute approximate surface area is 100 Å². The van der Waals surface area contributed by atoms with Crippen molar-refractivity contribution in [3.63, 3.8) is 0 Å². The van der Waals surface area contributed by atoms with Crippen molar-refractivity contribution in [3.05, 3.63) is 42.4 Å². The second-order valence-corrected chi connectivity index (χ2v) is 4.41. The first-order chi connectivity index (χ1) is 8.18. The summed E-state index contributed by atoms with van der Waals surface area (Å²) >= 11 is 0. The molecule has 0 radical (unpaired) electrons. The molecule has 8 heteroatoms. The van der Waals surface area contributed by atoms with E-state index in [0.717, 1.165) is 6.07 Å². The van der Waals surface area contributed by atoms with Gasteiger partial charge in [0, 0.05) is 12.1 Å². The highest BCUT2D eigenvalue weighted by atomic mass is 32.3. The molecule has 1 aromatic carbocycles. The van der Waals surface area contributed by atoms with E-state index in [1.165, 1.54) is 0 Å². The van der Waals surface area contributed by atoms with Crippen molar-refractivity contribution in [1.29, 1.82) is 0 Å². The fourth-order valence-corrected chi connectivity index (χ4v) is 1.66. The van der Waals surface area contributed by atoms with Crippen molar-refractivity contribution in [2.24, 2.45) is 0 Å². The summed E-state index contributed by atoms with van der Waals surface area (Å²) in [6, 6.07) is 0.910. The molecule has 1 aromatic rings. The molecular weight excluding hydrogens is 276 g/mol. The first-order valence-electron chi connectivity index (χ1n) is 4.33. The van der Waals surface area contributed by atoms with Crippen LogP contribution in [0.1, 0.15) is 5.56 Å².